The molecular weight excluding hydrogens is 1250 g/mol. The molecule has 31 nitrogen and oxygen atoms in total. The smallest absolute Gasteiger partial charge is 0.245 e. The quantitative estimate of drug-likeness (QED) is 0.0173. The first-order chi connectivity index (χ1) is 45.2. The maximum Gasteiger partial charge on any atom is 0.245 e. The zero-order chi connectivity index (χ0) is 70.1. The Bertz CT molecular complexity index is 2960. The van der Waals surface area contributed by atoms with Crippen LogP contribution in [0.5, 0.6) is 0 Å². The number of aliphatic imine (C=N–C) groups is 1. The zero-order valence-corrected chi connectivity index (χ0v) is 55.3. The monoisotopic (exact) mass is 1350 g/mol. The van der Waals surface area contributed by atoms with Crippen molar-refractivity contribution >= 4 is 94.5 Å². The van der Waals surface area contributed by atoms with Gasteiger partial charge in [-0.25, -0.2) is 0 Å². The molecule has 13 amide bonds. The normalized spacial score (nSPS) is 16.8. The summed E-state index contributed by atoms with van der Waals surface area (Å²) >= 11 is 1.45. The second kappa shape index (κ2) is 41.0. The van der Waals surface area contributed by atoms with Gasteiger partial charge in [-0.3, -0.25) is 67.3 Å². The van der Waals surface area contributed by atoms with Crippen LogP contribution in [0, 0.1) is 5.92 Å². The number of carbonyl (C=O) groups excluding carboxylic acids is 13. The fraction of sp³-hybridized carbons (Fsp3) is 0.587. The van der Waals surface area contributed by atoms with Gasteiger partial charge in [-0.1, -0.05) is 74.5 Å². The first kappa shape index (κ1) is 78.5. The highest BCUT2D eigenvalue weighted by Gasteiger charge is 2.42. The van der Waals surface area contributed by atoms with Crippen LogP contribution in [0.4, 0.5) is 0 Å². The van der Waals surface area contributed by atoms with Crippen LogP contribution in [0.15, 0.2) is 65.7 Å². The molecule has 524 valence electrons. The Balaban J connectivity index is 1.56. The Kier molecular flexibility index (Phi) is 33.9. The second-order valence-corrected chi connectivity index (χ2v) is 25.1. The van der Waals surface area contributed by atoms with Crippen molar-refractivity contribution in [1.82, 2.24) is 52.3 Å². The number of nitrogens with one attached hydrogen (secondary N) is 8. The lowest BCUT2D eigenvalue weighted by molar-refractivity contribution is -0.144. The lowest BCUT2D eigenvalue weighted by atomic mass is 10.0. The third-order valence-electron chi connectivity index (χ3n) is 16.0. The topological polar surface area (TPSA) is 519 Å². The van der Waals surface area contributed by atoms with Gasteiger partial charge < -0.3 is 92.5 Å². The zero-order valence-electron chi connectivity index (χ0n) is 54.5. The largest absolute Gasteiger partial charge is 0.370 e. The lowest BCUT2D eigenvalue weighted by Gasteiger charge is -2.32. The van der Waals surface area contributed by atoms with E-state index < -0.39 is 169 Å². The molecule has 95 heavy (non-hydrogen) atoms. The van der Waals surface area contributed by atoms with Gasteiger partial charge in [-0.15, -0.1) is 0 Å². The highest BCUT2D eigenvalue weighted by molar-refractivity contribution is 7.98. The number of hydrogen-bond donors (Lipinski definition) is 15. The number of carbonyl (C=O) groups is 13. The van der Waals surface area contributed by atoms with Crippen molar-refractivity contribution in [3.05, 3.63) is 71.8 Å². The van der Waals surface area contributed by atoms with Gasteiger partial charge in [0.15, 0.2) is 5.96 Å². The molecule has 2 fully saturated rings. The molecule has 2 saturated heterocycles. The molecule has 2 heterocycles. The number of rotatable bonds is 42. The van der Waals surface area contributed by atoms with Gasteiger partial charge in [-0.05, 0) is 119 Å². The standard InChI is InChI=1S/C63H98N18O13S/c1-37(2)33-45(57(89)74-41(53(68)85)27-32-95-3)73-52(84)36-72-54(86)46(34-38-15-6-4-7-16-38)78-58(90)47(35-39-17-8-5-9-18-39)79-56(88)42(23-25-50(66)82)75-55(87)43(24-26-51(67)83)76-59(91)49-22-14-31-81(49)62(94)44(20-10-11-28-64)77-60(92)48-21-13-30-80(48)61(93)40(65)19-12-29-71-63(69)70/h4-9,15-18,37,40-49H,10-14,19-36,64-65H2,1-3H3,(H2,66,82)(H2,67,83)(H2,68,85)(H,72,86)(H,73,84)(H,74,89)(H,75,87)(H,76,91)(H,77,92)(H,78,90)(H,79,88)(H4,69,70,71)/t40-,41-,42-,43+,44+,45+,46+,47+,48-,49+/m0/s1. The molecule has 0 unspecified atom stereocenters. The number of hydrogen-bond acceptors (Lipinski definition) is 17. The van der Waals surface area contributed by atoms with Crippen molar-refractivity contribution in [2.75, 3.05) is 44.7 Å². The second-order valence-electron chi connectivity index (χ2n) is 24.1. The Morgan fingerprint density at radius 2 is 1.01 bits per heavy atom. The number of guanidine groups is 1. The minimum atomic E-state index is -1.64. The number of amides is 13. The predicted molar refractivity (Wildman–Crippen MR) is 356 cm³/mol. The SMILES string of the molecule is CSCC[C@H](NC(=O)[C@@H](CC(C)C)NC(=O)CNC(=O)[C@@H](Cc1ccccc1)NC(=O)[C@@H](Cc1ccccc1)NC(=O)[C@H](CCC(N)=O)NC(=O)[C@@H](CCC(N)=O)NC(=O)[C@H]1CCCN1C(=O)[C@@H](CCCCN)NC(=O)[C@@H]1CCCN1C(=O)[C@@H](N)CCCN=C(N)N)C(N)=O. The van der Waals surface area contributed by atoms with Crippen molar-refractivity contribution in [2.45, 2.75) is 183 Å². The minimum absolute atomic E-state index is 0.0736. The van der Waals surface area contributed by atoms with Crippen LogP contribution in [0.3, 0.4) is 0 Å². The van der Waals surface area contributed by atoms with Gasteiger partial charge in [0.05, 0.1) is 12.6 Å². The van der Waals surface area contributed by atoms with Crippen molar-refractivity contribution < 1.29 is 62.3 Å². The molecule has 2 aromatic rings. The summed E-state index contributed by atoms with van der Waals surface area (Å²) < 4.78 is 0. The fourth-order valence-electron chi connectivity index (χ4n) is 11.0. The summed E-state index contributed by atoms with van der Waals surface area (Å²) in [6.07, 6.45) is 3.12. The van der Waals surface area contributed by atoms with Crippen LogP contribution in [0.1, 0.15) is 121 Å². The lowest BCUT2D eigenvalue weighted by Crippen LogP contribution is -2.60. The molecule has 22 N–H and O–H groups in total. The van der Waals surface area contributed by atoms with E-state index in [2.05, 4.69) is 47.5 Å². The van der Waals surface area contributed by atoms with Crippen molar-refractivity contribution in [2.24, 2.45) is 51.0 Å². The molecule has 0 spiro atoms. The Morgan fingerprint density at radius 3 is 1.51 bits per heavy atom. The molecule has 0 saturated carbocycles. The van der Waals surface area contributed by atoms with E-state index in [-0.39, 0.29) is 83.0 Å². The molecule has 32 heteroatoms. The molecule has 0 radical (unpaired) electrons. The van der Waals surface area contributed by atoms with Crippen molar-refractivity contribution in [3.8, 4) is 0 Å². The first-order valence-electron chi connectivity index (χ1n) is 32.2. The summed E-state index contributed by atoms with van der Waals surface area (Å²) in [5.74, 6) is -9.80. The maximum absolute atomic E-state index is 14.7. The van der Waals surface area contributed by atoms with Gasteiger partial charge in [0.25, 0.3) is 0 Å². The first-order valence-corrected chi connectivity index (χ1v) is 33.6. The molecular formula is C63H98N18O13S. The highest BCUT2D eigenvalue weighted by atomic mass is 32.2. The number of primary amides is 3. The molecule has 10 atom stereocenters. The number of benzene rings is 2. The van der Waals surface area contributed by atoms with E-state index in [1.165, 1.54) is 21.6 Å². The third kappa shape index (κ3) is 27.5. The third-order valence-corrected chi connectivity index (χ3v) is 16.7. The van der Waals surface area contributed by atoms with Gasteiger partial charge >= 0.3 is 0 Å². The van der Waals surface area contributed by atoms with Gasteiger partial charge in [0.1, 0.15) is 54.4 Å². The van der Waals surface area contributed by atoms with E-state index in [1.54, 1.807) is 60.7 Å². The Morgan fingerprint density at radius 1 is 0.537 bits per heavy atom. The number of likely N-dealkylation sites (tertiary alicyclic amines) is 2. The molecule has 4 rings (SSSR count). The summed E-state index contributed by atoms with van der Waals surface area (Å²) in [7, 11) is 0. The average molecular weight is 1350 g/mol. The van der Waals surface area contributed by atoms with Gasteiger partial charge in [-0.2, -0.15) is 11.8 Å². The van der Waals surface area contributed by atoms with E-state index >= 15 is 0 Å². The predicted octanol–water partition coefficient (Wildman–Crippen LogP) is -3.71. The summed E-state index contributed by atoms with van der Waals surface area (Å²) in [6.45, 7) is 3.86. The number of nitrogens with two attached hydrogens (primary N) is 7. The van der Waals surface area contributed by atoms with Crippen molar-refractivity contribution in [1.29, 1.82) is 0 Å². The summed E-state index contributed by atoms with van der Waals surface area (Å²) in [5, 5.41) is 21.1. The summed E-state index contributed by atoms with van der Waals surface area (Å²) in [5.41, 5.74) is 40.6. The fourth-order valence-corrected chi connectivity index (χ4v) is 11.5. The van der Waals surface area contributed by atoms with Crippen LogP contribution in [0.2, 0.25) is 0 Å². The van der Waals surface area contributed by atoms with E-state index in [4.69, 9.17) is 40.1 Å². The number of unbranched alkanes of at least 4 members (excludes halogenated alkanes) is 1. The van der Waals surface area contributed by atoms with E-state index in [1.807, 2.05) is 20.1 Å². The summed E-state index contributed by atoms with van der Waals surface area (Å²) in [6, 6.07) is 4.51. The molecule has 0 bridgehead atoms. The van der Waals surface area contributed by atoms with Crippen LogP contribution >= 0.6 is 11.8 Å². The minimum Gasteiger partial charge on any atom is -0.370 e. The van der Waals surface area contributed by atoms with E-state index in [0.717, 1.165) is 0 Å². The molecule has 2 aromatic carbocycles. The maximum atomic E-state index is 14.7. The van der Waals surface area contributed by atoms with Crippen LogP contribution < -0.4 is 82.7 Å². The van der Waals surface area contributed by atoms with E-state index in [0.29, 0.717) is 55.4 Å². The van der Waals surface area contributed by atoms with Crippen LogP contribution in [0.25, 0.3) is 0 Å². The highest BCUT2D eigenvalue weighted by Crippen LogP contribution is 2.24. The molecule has 2 aliphatic heterocycles. The molecule has 0 aliphatic carbocycles. The van der Waals surface area contributed by atoms with Crippen LogP contribution in [-0.2, 0) is 75.2 Å². The van der Waals surface area contributed by atoms with E-state index in [9.17, 15) is 62.3 Å². The molecule has 0 aromatic heterocycles. The summed E-state index contributed by atoms with van der Waals surface area (Å²) in [4.78, 5) is 185. The van der Waals surface area contributed by atoms with Gasteiger partial charge in [0.2, 0.25) is 76.8 Å². The number of thioether (sulfide) groups is 1. The Hall–Kier alpha value is -8.91. The van der Waals surface area contributed by atoms with Crippen molar-refractivity contribution in [3.63, 3.8) is 0 Å². The van der Waals surface area contributed by atoms with Crippen LogP contribution in [-0.4, -0.2) is 198 Å². The molecule has 2 aliphatic rings. The average Bonchev–Trinajstić information content (AvgIpc) is 1.74. The van der Waals surface area contributed by atoms with Gasteiger partial charge in [0, 0.05) is 45.3 Å². The Labute approximate surface area is 558 Å². The number of nitrogens with zero attached hydrogens (tertiary/aromatic N) is 3.